The molecule has 0 unspecified atom stereocenters. The minimum atomic E-state index is -3.83. The molecule has 1 heterocycles. The van der Waals surface area contributed by atoms with E-state index in [1.807, 2.05) is 6.92 Å². The van der Waals surface area contributed by atoms with E-state index in [2.05, 4.69) is 0 Å². The monoisotopic (exact) mass is 318 g/mol. The highest BCUT2D eigenvalue weighted by molar-refractivity contribution is 7.89. The van der Waals surface area contributed by atoms with Crippen LogP contribution in [0.25, 0.3) is 0 Å². The number of carboxylic acids is 1. The number of hydrogen-bond acceptors (Lipinski definition) is 4. The van der Waals surface area contributed by atoms with Crippen molar-refractivity contribution in [1.82, 2.24) is 8.87 Å². The molecule has 1 rings (SSSR count). The Labute approximate surface area is 124 Å². The molecule has 0 atom stereocenters. The van der Waals surface area contributed by atoms with Crippen molar-refractivity contribution in [3.8, 4) is 0 Å². The zero-order valence-corrected chi connectivity index (χ0v) is 13.3. The van der Waals surface area contributed by atoms with Crippen LogP contribution in [-0.4, -0.2) is 52.7 Å². The SMILES string of the molecule is CCCn1cc(S(=O)(=O)N(CCO)C(C)C)cc1C(=O)O. The number of aromatic carboxylic acids is 1. The highest BCUT2D eigenvalue weighted by Crippen LogP contribution is 2.21. The summed E-state index contributed by atoms with van der Waals surface area (Å²) in [4.78, 5) is 11.1. The predicted molar refractivity (Wildman–Crippen MR) is 77.8 cm³/mol. The molecule has 21 heavy (non-hydrogen) atoms. The fourth-order valence-corrected chi connectivity index (χ4v) is 3.79. The van der Waals surface area contributed by atoms with Crippen molar-refractivity contribution in [1.29, 1.82) is 0 Å². The van der Waals surface area contributed by atoms with Gasteiger partial charge in [-0.05, 0) is 26.3 Å². The Balaban J connectivity index is 3.30. The Morgan fingerprint density at radius 2 is 2.05 bits per heavy atom. The molecule has 0 spiro atoms. The molecule has 0 amide bonds. The number of aromatic nitrogens is 1. The lowest BCUT2D eigenvalue weighted by Crippen LogP contribution is -2.38. The first kappa shape index (κ1) is 17.7. The largest absolute Gasteiger partial charge is 0.477 e. The molecular formula is C13H22N2O5S. The molecule has 0 saturated carbocycles. The number of carbonyl (C=O) groups is 1. The van der Waals surface area contributed by atoms with Crippen LogP contribution in [-0.2, 0) is 16.6 Å². The third kappa shape index (κ3) is 3.84. The van der Waals surface area contributed by atoms with Crippen molar-refractivity contribution in [2.75, 3.05) is 13.2 Å². The molecule has 0 aliphatic carbocycles. The van der Waals surface area contributed by atoms with Gasteiger partial charge in [0.2, 0.25) is 10.0 Å². The maximum atomic E-state index is 12.6. The Hall–Kier alpha value is -1.38. The molecule has 0 saturated heterocycles. The Bertz CT molecular complexity index is 592. The Morgan fingerprint density at radius 1 is 1.43 bits per heavy atom. The lowest BCUT2D eigenvalue weighted by molar-refractivity contribution is 0.0685. The first-order chi connectivity index (χ1) is 9.75. The molecule has 0 radical (unpaired) electrons. The molecule has 7 nitrogen and oxygen atoms in total. The predicted octanol–water partition coefficient (Wildman–Crippen LogP) is 0.988. The maximum absolute atomic E-state index is 12.6. The fraction of sp³-hybridized carbons (Fsp3) is 0.615. The zero-order chi connectivity index (χ0) is 16.2. The first-order valence-corrected chi connectivity index (χ1v) is 8.25. The third-order valence-corrected chi connectivity index (χ3v) is 5.10. The van der Waals surface area contributed by atoms with Gasteiger partial charge in [-0.2, -0.15) is 4.31 Å². The highest BCUT2D eigenvalue weighted by atomic mass is 32.2. The second kappa shape index (κ2) is 7.06. The van der Waals surface area contributed by atoms with Gasteiger partial charge in [-0.3, -0.25) is 0 Å². The van der Waals surface area contributed by atoms with Gasteiger partial charge in [0.25, 0.3) is 0 Å². The minimum Gasteiger partial charge on any atom is -0.477 e. The molecular weight excluding hydrogens is 296 g/mol. The van der Waals surface area contributed by atoms with Crippen LogP contribution < -0.4 is 0 Å². The van der Waals surface area contributed by atoms with Crippen molar-refractivity contribution < 1.29 is 23.4 Å². The zero-order valence-electron chi connectivity index (χ0n) is 12.5. The van der Waals surface area contributed by atoms with Crippen LogP contribution in [0.1, 0.15) is 37.7 Å². The quantitative estimate of drug-likeness (QED) is 0.744. The molecule has 1 aromatic rings. The Morgan fingerprint density at radius 3 is 2.48 bits per heavy atom. The summed E-state index contributed by atoms with van der Waals surface area (Å²) in [7, 11) is -3.83. The Kier molecular flexibility index (Phi) is 5.94. The summed E-state index contributed by atoms with van der Waals surface area (Å²) in [5.41, 5.74) is -0.0527. The second-order valence-electron chi connectivity index (χ2n) is 4.99. The van der Waals surface area contributed by atoms with E-state index in [0.717, 1.165) is 4.31 Å². The molecule has 0 aromatic carbocycles. The molecule has 1 aromatic heterocycles. The van der Waals surface area contributed by atoms with Gasteiger partial charge in [0.05, 0.1) is 6.61 Å². The highest BCUT2D eigenvalue weighted by Gasteiger charge is 2.29. The van der Waals surface area contributed by atoms with Gasteiger partial charge in [0.15, 0.2) is 0 Å². The fourth-order valence-electron chi connectivity index (χ4n) is 2.12. The van der Waals surface area contributed by atoms with Crippen LogP contribution in [0.5, 0.6) is 0 Å². The van der Waals surface area contributed by atoms with Crippen molar-refractivity contribution in [2.24, 2.45) is 0 Å². The summed E-state index contributed by atoms with van der Waals surface area (Å²) in [5, 5.41) is 18.2. The van der Waals surface area contributed by atoms with Crippen molar-refractivity contribution >= 4 is 16.0 Å². The van der Waals surface area contributed by atoms with E-state index in [1.165, 1.54) is 16.8 Å². The molecule has 8 heteroatoms. The van der Waals surface area contributed by atoms with Gasteiger partial charge < -0.3 is 14.8 Å². The van der Waals surface area contributed by atoms with Crippen LogP contribution in [0, 0.1) is 0 Å². The lowest BCUT2D eigenvalue weighted by Gasteiger charge is -2.24. The smallest absolute Gasteiger partial charge is 0.352 e. The third-order valence-electron chi connectivity index (χ3n) is 3.06. The van der Waals surface area contributed by atoms with Crippen LogP contribution in [0.4, 0.5) is 0 Å². The van der Waals surface area contributed by atoms with E-state index >= 15 is 0 Å². The number of aryl methyl sites for hydroxylation is 1. The van der Waals surface area contributed by atoms with E-state index in [4.69, 9.17) is 10.2 Å². The lowest BCUT2D eigenvalue weighted by atomic mass is 10.4. The molecule has 0 aliphatic heterocycles. The maximum Gasteiger partial charge on any atom is 0.352 e. The van der Waals surface area contributed by atoms with Crippen molar-refractivity contribution in [2.45, 2.75) is 44.7 Å². The average molecular weight is 318 g/mol. The van der Waals surface area contributed by atoms with Gasteiger partial charge >= 0.3 is 5.97 Å². The normalized spacial score (nSPS) is 12.3. The van der Waals surface area contributed by atoms with E-state index in [9.17, 15) is 13.2 Å². The average Bonchev–Trinajstić information content (AvgIpc) is 2.80. The molecule has 120 valence electrons. The van der Waals surface area contributed by atoms with E-state index in [-0.39, 0.29) is 29.8 Å². The molecule has 0 fully saturated rings. The number of carboxylic acid groups (broad SMARTS) is 1. The van der Waals surface area contributed by atoms with Crippen molar-refractivity contribution in [3.05, 3.63) is 18.0 Å². The van der Waals surface area contributed by atoms with E-state index in [1.54, 1.807) is 13.8 Å². The number of aliphatic hydroxyl groups is 1. The van der Waals surface area contributed by atoms with E-state index < -0.39 is 16.0 Å². The summed E-state index contributed by atoms with van der Waals surface area (Å²) < 4.78 is 27.7. The first-order valence-electron chi connectivity index (χ1n) is 6.81. The van der Waals surface area contributed by atoms with Gasteiger partial charge in [0, 0.05) is 25.3 Å². The summed E-state index contributed by atoms with van der Waals surface area (Å²) in [5.74, 6) is -1.16. The number of sulfonamides is 1. The molecule has 0 bridgehead atoms. The minimum absolute atomic E-state index is 0.0264. The van der Waals surface area contributed by atoms with Crippen LogP contribution in [0.2, 0.25) is 0 Å². The van der Waals surface area contributed by atoms with Crippen LogP contribution in [0.15, 0.2) is 17.2 Å². The van der Waals surface area contributed by atoms with Gasteiger partial charge in [-0.1, -0.05) is 6.92 Å². The van der Waals surface area contributed by atoms with Gasteiger partial charge in [-0.15, -0.1) is 0 Å². The van der Waals surface area contributed by atoms with Gasteiger partial charge in [-0.25, -0.2) is 13.2 Å². The van der Waals surface area contributed by atoms with Crippen LogP contribution in [0.3, 0.4) is 0 Å². The summed E-state index contributed by atoms with van der Waals surface area (Å²) in [6.07, 6.45) is 2.04. The number of hydrogen-bond donors (Lipinski definition) is 2. The topological polar surface area (TPSA) is 99.8 Å². The standard InChI is InChI=1S/C13H22N2O5S/c1-4-5-14-9-11(8-12(14)13(17)18)21(19,20)15(6-7-16)10(2)3/h8-10,16H,4-7H2,1-3H3,(H,17,18). The number of nitrogens with zero attached hydrogens (tertiary/aromatic N) is 2. The second-order valence-corrected chi connectivity index (χ2v) is 6.88. The van der Waals surface area contributed by atoms with Crippen LogP contribution >= 0.6 is 0 Å². The van der Waals surface area contributed by atoms with Crippen molar-refractivity contribution in [3.63, 3.8) is 0 Å². The molecule has 0 aliphatic rings. The summed E-state index contributed by atoms with van der Waals surface area (Å²) >= 11 is 0. The summed E-state index contributed by atoms with van der Waals surface area (Å²) in [6.45, 7) is 5.40. The van der Waals surface area contributed by atoms with E-state index in [0.29, 0.717) is 13.0 Å². The summed E-state index contributed by atoms with van der Waals surface area (Å²) in [6, 6.07) is 0.838. The number of aliphatic hydroxyl groups excluding tert-OH is 1. The molecule has 2 N–H and O–H groups in total. The van der Waals surface area contributed by atoms with Gasteiger partial charge in [0.1, 0.15) is 10.6 Å². The number of rotatable bonds is 8.